The van der Waals surface area contributed by atoms with Crippen molar-refractivity contribution in [3.8, 4) is 11.5 Å². The number of hydrogen-bond donors (Lipinski definition) is 1. The van der Waals surface area contributed by atoms with Crippen LogP contribution in [0.5, 0.6) is 11.5 Å². The number of amides is 1. The molecule has 28 heavy (non-hydrogen) atoms. The number of carbonyl (C=O) groups excluding carboxylic acids is 2. The lowest BCUT2D eigenvalue weighted by molar-refractivity contribution is -0.147. The summed E-state index contributed by atoms with van der Waals surface area (Å²) >= 11 is 0. The first-order chi connectivity index (χ1) is 13.3. The quantitative estimate of drug-likeness (QED) is 0.654. The van der Waals surface area contributed by atoms with Gasteiger partial charge in [0.1, 0.15) is 0 Å². The van der Waals surface area contributed by atoms with Gasteiger partial charge >= 0.3 is 5.97 Å². The molecule has 0 aliphatic heterocycles. The molecule has 0 aliphatic rings. The molecule has 0 radical (unpaired) electrons. The number of nitrogens with one attached hydrogen (secondary N) is 1. The van der Waals surface area contributed by atoms with Crippen LogP contribution in [0.15, 0.2) is 18.2 Å². The first-order valence-corrected chi connectivity index (χ1v) is 8.98. The summed E-state index contributed by atoms with van der Waals surface area (Å²) in [5.74, 6) is 0.505. The predicted octanol–water partition coefficient (Wildman–Crippen LogP) is 1.50. The highest BCUT2D eigenvalue weighted by Gasteiger charge is 2.15. The Balaban J connectivity index is 1.75. The molecule has 8 nitrogen and oxygen atoms in total. The number of aryl methyl sites for hydroxylation is 2. The average molecular weight is 389 g/mol. The molecule has 152 valence electrons. The van der Waals surface area contributed by atoms with Crippen molar-refractivity contribution in [3.05, 3.63) is 40.7 Å². The lowest BCUT2D eigenvalue weighted by atomic mass is 10.1. The molecule has 0 atom stereocenters. The predicted molar refractivity (Wildman–Crippen MR) is 104 cm³/mol. The van der Waals surface area contributed by atoms with Crippen LogP contribution in [-0.4, -0.2) is 49.0 Å². The normalized spacial score (nSPS) is 10.5. The van der Waals surface area contributed by atoms with E-state index in [0.29, 0.717) is 24.5 Å². The van der Waals surface area contributed by atoms with Crippen LogP contribution in [0.4, 0.5) is 0 Å². The SMILES string of the molecule is COc1ccc(CCNC(=O)COC(=O)Cc2c(C)nn(C)c2C)cc1OC. The number of hydrogen-bond acceptors (Lipinski definition) is 6. The fourth-order valence-corrected chi connectivity index (χ4v) is 2.85. The number of methoxy groups -OCH3 is 2. The third kappa shape index (κ3) is 5.48. The minimum absolute atomic E-state index is 0.102. The number of ether oxygens (including phenoxy) is 3. The van der Waals surface area contributed by atoms with Crippen LogP contribution >= 0.6 is 0 Å². The summed E-state index contributed by atoms with van der Waals surface area (Å²) in [5.41, 5.74) is 3.53. The Labute approximate surface area is 164 Å². The molecule has 1 aromatic heterocycles. The summed E-state index contributed by atoms with van der Waals surface area (Å²) in [7, 11) is 4.98. The van der Waals surface area contributed by atoms with E-state index in [-0.39, 0.29) is 18.9 Å². The molecule has 2 aromatic rings. The van der Waals surface area contributed by atoms with Gasteiger partial charge in [-0.25, -0.2) is 0 Å². The molecule has 0 spiro atoms. The van der Waals surface area contributed by atoms with E-state index in [4.69, 9.17) is 14.2 Å². The van der Waals surface area contributed by atoms with Crippen molar-refractivity contribution >= 4 is 11.9 Å². The van der Waals surface area contributed by atoms with Crippen molar-refractivity contribution in [2.45, 2.75) is 26.7 Å². The van der Waals surface area contributed by atoms with Crippen molar-refractivity contribution in [3.63, 3.8) is 0 Å². The van der Waals surface area contributed by atoms with E-state index in [1.165, 1.54) is 0 Å². The number of carbonyl (C=O) groups is 2. The Bertz CT molecular complexity index is 845. The van der Waals surface area contributed by atoms with Gasteiger partial charge in [-0.15, -0.1) is 0 Å². The third-order valence-electron chi connectivity index (χ3n) is 4.53. The van der Waals surface area contributed by atoms with E-state index in [0.717, 1.165) is 22.5 Å². The fourth-order valence-electron chi connectivity index (χ4n) is 2.85. The second-order valence-corrected chi connectivity index (χ2v) is 6.40. The van der Waals surface area contributed by atoms with Gasteiger partial charge in [0.05, 0.1) is 26.3 Å². The van der Waals surface area contributed by atoms with Gasteiger partial charge in [0.2, 0.25) is 0 Å². The van der Waals surface area contributed by atoms with Gasteiger partial charge in [0.25, 0.3) is 5.91 Å². The van der Waals surface area contributed by atoms with Gasteiger partial charge < -0.3 is 19.5 Å². The Hall–Kier alpha value is -3.03. The second-order valence-electron chi connectivity index (χ2n) is 6.40. The van der Waals surface area contributed by atoms with E-state index in [1.54, 1.807) is 18.9 Å². The second kappa shape index (κ2) is 9.77. The van der Waals surface area contributed by atoms with Crippen LogP contribution in [0, 0.1) is 13.8 Å². The molecule has 0 bridgehead atoms. The number of aromatic nitrogens is 2. The average Bonchev–Trinajstić information content (AvgIpc) is 2.92. The molecule has 2 rings (SSSR count). The van der Waals surface area contributed by atoms with E-state index in [9.17, 15) is 9.59 Å². The molecule has 8 heteroatoms. The van der Waals surface area contributed by atoms with Crippen LogP contribution in [-0.2, 0) is 34.2 Å². The zero-order chi connectivity index (χ0) is 20.7. The molecule has 0 saturated heterocycles. The first kappa shape index (κ1) is 21.3. The van der Waals surface area contributed by atoms with Gasteiger partial charge in [-0.3, -0.25) is 14.3 Å². The Morgan fingerprint density at radius 1 is 1.14 bits per heavy atom. The zero-order valence-electron chi connectivity index (χ0n) is 17.0. The minimum atomic E-state index is -0.450. The summed E-state index contributed by atoms with van der Waals surface area (Å²) in [6.45, 7) is 3.86. The molecule has 1 N–H and O–H groups in total. The molecule has 1 heterocycles. The van der Waals surface area contributed by atoms with Crippen molar-refractivity contribution in [2.75, 3.05) is 27.4 Å². The zero-order valence-corrected chi connectivity index (χ0v) is 17.0. The summed E-state index contributed by atoms with van der Waals surface area (Å²) in [4.78, 5) is 23.9. The number of esters is 1. The highest BCUT2D eigenvalue weighted by molar-refractivity contribution is 5.81. The molecule has 0 unspecified atom stereocenters. The highest BCUT2D eigenvalue weighted by atomic mass is 16.5. The minimum Gasteiger partial charge on any atom is -0.493 e. The van der Waals surface area contributed by atoms with Crippen molar-refractivity contribution in [1.82, 2.24) is 15.1 Å². The Kier molecular flexibility index (Phi) is 7.43. The molecule has 0 aliphatic carbocycles. The summed E-state index contributed by atoms with van der Waals surface area (Å²) in [6, 6.07) is 5.59. The molecule has 0 fully saturated rings. The Morgan fingerprint density at radius 2 is 1.86 bits per heavy atom. The van der Waals surface area contributed by atoms with Gasteiger partial charge in [-0.2, -0.15) is 5.10 Å². The topological polar surface area (TPSA) is 91.7 Å². The van der Waals surface area contributed by atoms with Gasteiger partial charge in [-0.1, -0.05) is 6.07 Å². The maximum atomic E-state index is 12.0. The van der Waals surface area contributed by atoms with Crippen LogP contribution in [0.25, 0.3) is 0 Å². The van der Waals surface area contributed by atoms with Crippen molar-refractivity contribution in [2.24, 2.45) is 7.05 Å². The number of nitrogens with zero attached hydrogens (tertiary/aromatic N) is 2. The number of benzene rings is 1. The Morgan fingerprint density at radius 3 is 2.46 bits per heavy atom. The smallest absolute Gasteiger partial charge is 0.310 e. The molecular formula is C20H27N3O5. The molecular weight excluding hydrogens is 362 g/mol. The van der Waals surface area contributed by atoms with E-state index < -0.39 is 5.97 Å². The van der Waals surface area contributed by atoms with Gasteiger partial charge in [-0.05, 0) is 38.0 Å². The summed E-state index contributed by atoms with van der Waals surface area (Å²) < 4.78 is 17.3. The van der Waals surface area contributed by atoms with E-state index in [1.807, 2.05) is 39.1 Å². The van der Waals surface area contributed by atoms with Gasteiger partial charge in [0.15, 0.2) is 18.1 Å². The van der Waals surface area contributed by atoms with Crippen molar-refractivity contribution in [1.29, 1.82) is 0 Å². The first-order valence-electron chi connectivity index (χ1n) is 8.98. The lowest BCUT2D eigenvalue weighted by Crippen LogP contribution is -2.30. The molecule has 1 aromatic carbocycles. The van der Waals surface area contributed by atoms with Crippen LogP contribution in [0.1, 0.15) is 22.5 Å². The van der Waals surface area contributed by atoms with Gasteiger partial charge in [0, 0.05) is 24.8 Å². The third-order valence-corrected chi connectivity index (χ3v) is 4.53. The van der Waals surface area contributed by atoms with Crippen LogP contribution < -0.4 is 14.8 Å². The van der Waals surface area contributed by atoms with Crippen molar-refractivity contribution < 1.29 is 23.8 Å². The highest BCUT2D eigenvalue weighted by Crippen LogP contribution is 2.27. The lowest BCUT2D eigenvalue weighted by Gasteiger charge is -2.10. The van der Waals surface area contributed by atoms with Crippen LogP contribution in [0.2, 0.25) is 0 Å². The van der Waals surface area contributed by atoms with E-state index in [2.05, 4.69) is 10.4 Å². The summed E-state index contributed by atoms with van der Waals surface area (Å²) in [5, 5.41) is 7.00. The summed E-state index contributed by atoms with van der Waals surface area (Å²) in [6.07, 6.45) is 0.721. The number of rotatable bonds is 9. The van der Waals surface area contributed by atoms with Crippen LogP contribution in [0.3, 0.4) is 0 Å². The fraction of sp³-hybridized carbons (Fsp3) is 0.450. The molecule has 1 amide bonds. The monoisotopic (exact) mass is 389 g/mol. The largest absolute Gasteiger partial charge is 0.493 e. The maximum Gasteiger partial charge on any atom is 0.310 e. The maximum absolute atomic E-state index is 12.0. The molecule has 0 saturated carbocycles. The standard InChI is InChI=1S/C20H27N3O5/c1-13-16(14(2)23(3)22-13)11-20(25)28-12-19(24)21-9-8-15-6-7-17(26-4)18(10-15)27-5/h6-7,10H,8-9,11-12H2,1-5H3,(H,21,24). The van der Waals surface area contributed by atoms with E-state index >= 15 is 0 Å².